The van der Waals surface area contributed by atoms with Gasteiger partial charge in [0.05, 0.1) is 27.4 Å². The summed E-state index contributed by atoms with van der Waals surface area (Å²) in [6.07, 6.45) is 0. The molecule has 0 fully saturated rings. The fourth-order valence-electron chi connectivity index (χ4n) is 3.16. The standard InChI is InChI=1S/C21H19N3O6S2/c1-4-29-20(26)19-11(2)15-10-14(6-8-17(15)30-19)32(27,28)24-13-5-7-16-18(9-13)31-21(23-16)22-12(3)25/h5-10,24H,4H2,1-3H3,(H,22,23,25). The van der Waals surface area contributed by atoms with Crippen molar-refractivity contribution in [2.24, 2.45) is 0 Å². The lowest BCUT2D eigenvalue weighted by molar-refractivity contribution is -0.114. The molecule has 9 nitrogen and oxygen atoms in total. The van der Waals surface area contributed by atoms with Gasteiger partial charge >= 0.3 is 5.97 Å². The van der Waals surface area contributed by atoms with Crippen LogP contribution in [0.5, 0.6) is 0 Å². The Labute approximate surface area is 187 Å². The van der Waals surface area contributed by atoms with E-state index in [4.69, 9.17) is 9.15 Å². The maximum absolute atomic E-state index is 13.0. The molecule has 0 atom stereocenters. The molecule has 0 aliphatic rings. The van der Waals surface area contributed by atoms with Crippen LogP contribution in [0.2, 0.25) is 0 Å². The van der Waals surface area contributed by atoms with Crippen molar-refractivity contribution in [3.63, 3.8) is 0 Å². The van der Waals surface area contributed by atoms with Crippen LogP contribution in [0, 0.1) is 6.92 Å². The van der Waals surface area contributed by atoms with Gasteiger partial charge in [-0.25, -0.2) is 18.2 Å². The van der Waals surface area contributed by atoms with E-state index in [9.17, 15) is 18.0 Å². The van der Waals surface area contributed by atoms with Crippen molar-refractivity contribution >= 4 is 65.2 Å². The van der Waals surface area contributed by atoms with E-state index in [1.165, 1.54) is 36.5 Å². The number of aromatic nitrogens is 1. The summed E-state index contributed by atoms with van der Waals surface area (Å²) in [6, 6.07) is 9.28. The molecule has 2 aromatic carbocycles. The molecule has 0 radical (unpaired) electrons. The number of aryl methyl sites for hydroxylation is 1. The third-order valence-electron chi connectivity index (χ3n) is 4.60. The summed E-state index contributed by atoms with van der Waals surface area (Å²) in [5.41, 5.74) is 1.89. The molecule has 32 heavy (non-hydrogen) atoms. The monoisotopic (exact) mass is 473 g/mol. The van der Waals surface area contributed by atoms with Gasteiger partial charge in [0.1, 0.15) is 5.58 Å². The molecule has 0 unspecified atom stereocenters. The molecule has 0 bridgehead atoms. The fraction of sp³-hybridized carbons (Fsp3) is 0.190. The molecule has 166 valence electrons. The van der Waals surface area contributed by atoms with Crippen molar-refractivity contribution in [2.45, 2.75) is 25.7 Å². The second kappa shape index (κ2) is 8.24. The van der Waals surface area contributed by atoms with Crippen LogP contribution >= 0.6 is 11.3 Å². The number of benzene rings is 2. The number of anilines is 2. The molecule has 1 amide bonds. The second-order valence-corrected chi connectivity index (χ2v) is 9.64. The highest BCUT2D eigenvalue weighted by Gasteiger charge is 2.22. The summed E-state index contributed by atoms with van der Waals surface area (Å²) in [5.74, 6) is -0.781. The average molecular weight is 474 g/mol. The first-order valence-electron chi connectivity index (χ1n) is 9.59. The highest BCUT2D eigenvalue weighted by molar-refractivity contribution is 7.92. The zero-order valence-electron chi connectivity index (χ0n) is 17.4. The highest BCUT2D eigenvalue weighted by atomic mass is 32.2. The number of furan rings is 1. The highest BCUT2D eigenvalue weighted by Crippen LogP contribution is 2.31. The van der Waals surface area contributed by atoms with E-state index in [0.717, 1.165) is 0 Å². The number of rotatable bonds is 6. The SMILES string of the molecule is CCOC(=O)c1oc2ccc(S(=O)(=O)Nc3ccc4nc(NC(C)=O)sc4c3)cc2c1C. The van der Waals surface area contributed by atoms with Crippen molar-refractivity contribution in [2.75, 3.05) is 16.6 Å². The van der Waals surface area contributed by atoms with Crippen LogP contribution in [0.1, 0.15) is 30.0 Å². The summed E-state index contributed by atoms with van der Waals surface area (Å²) in [6.45, 7) is 4.96. The van der Waals surface area contributed by atoms with E-state index in [1.807, 2.05) is 0 Å². The molecule has 0 aliphatic heterocycles. The van der Waals surface area contributed by atoms with Gasteiger partial charge in [-0.05, 0) is 50.2 Å². The quantitative estimate of drug-likeness (QED) is 0.400. The first-order valence-corrected chi connectivity index (χ1v) is 11.9. The summed E-state index contributed by atoms with van der Waals surface area (Å²) in [5, 5.41) is 3.56. The maximum atomic E-state index is 13.0. The lowest BCUT2D eigenvalue weighted by atomic mass is 10.1. The van der Waals surface area contributed by atoms with Crippen LogP contribution in [-0.4, -0.2) is 31.9 Å². The lowest BCUT2D eigenvalue weighted by Gasteiger charge is -2.08. The molecular weight excluding hydrogens is 454 g/mol. The van der Waals surface area contributed by atoms with E-state index < -0.39 is 16.0 Å². The lowest BCUT2D eigenvalue weighted by Crippen LogP contribution is -2.12. The molecule has 4 aromatic rings. The van der Waals surface area contributed by atoms with Crippen LogP contribution in [0.3, 0.4) is 0 Å². The number of sulfonamides is 1. The number of ether oxygens (including phenoxy) is 1. The molecule has 2 N–H and O–H groups in total. The topological polar surface area (TPSA) is 128 Å². The van der Waals surface area contributed by atoms with Gasteiger partial charge in [-0.3, -0.25) is 9.52 Å². The molecule has 4 rings (SSSR count). The van der Waals surface area contributed by atoms with Gasteiger partial charge in [-0.2, -0.15) is 0 Å². The fourth-order valence-corrected chi connectivity index (χ4v) is 5.19. The summed E-state index contributed by atoms with van der Waals surface area (Å²) in [7, 11) is -3.92. The molecule has 0 spiro atoms. The van der Waals surface area contributed by atoms with Crippen molar-refractivity contribution in [1.82, 2.24) is 4.98 Å². The molecule has 2 aromatic heterocycles. The second-order valence-electron chi connectivity index (χ2n) is 6.92. The number of nitrogens with zero attached hydrogens (tertiary/aromatic N) is 1. The predicted molar refractivity (Wildman–Crippen MR) is 122 cm³/mol. The predicted octanol–water partition coefficient (Wildman–Crippen LogP) is 4.29. The van der Waals surface area contributed by atoms with Gasteiger partial charge < -0.3 is 14.5 Å². The zero-order chi connectivity index (χ0) is 23.0. The minimum Gasteiger partial charge on any atom is -0.460 e. The maximum Gasteiger partial charge on any atom is 0.374 e. The van der Waals surface area contributed by atoms with E-state index >= 15 is 0 Å². The number of hydrogen-bond donors (Lipinski definition) is 2. The van der Waals surface area contributed by atoms with Crippen LogP contribution < -0.4 is 10.0 Å². The molecule has 2 heterocycles. The Balaban J connectivity index is 1.65. The number of nitrogens with one attached hydrogen (secondary N) is 2. The Kier molecular flexibility index (Phi) is 5.61. The minimum absolute atomic E-state index is 0.0210. The number of amides is 1. The van der Waals surface area contributed by atoms with Crippen LogP contribution in [0.25, 0.3) is 21.2 Å². The number of hydrogen-bond acceptors (Lipinski definition) is 8. The first-order chi connectivity index (χ1) is 15.2. The Morgan fingerprint density at radius 1 is 1.19 bits per heavy atom. The summed E-state index contributed by atoms with van der Waals surface area (Å²) >= 11 is 1.24. The van der Waals surface area contributed by atoms with Crippen LogP contribution in [0.15, 0.2) is 45.7 Å². The Morgan fingerprint density at radius 3 is 2.69 bits per heavy atom. The Morgan fingerprint density at radius 2 is 1.97 bits per heavy atom. The van der Waals surface area contributed by atoms with E-state index in [0.29, 0.717) is 37.6 Å². The van der Waals surface area contributed by atoms with E-state index in [-0.39, 0.29) is 23.2 Å². The third kappa shape index (κ3) is 4.16. The Bertz CT molecular complexity index is 1470. The van der Waals surface area contributed by atoms with Crippen molar-refractivity contribution in [1.29, 1.82) is 0 Å². The van der Waals surface area contributed by atoms with Crippen molar-refractivity contribution < 1.29 is 27.2 Å². The average Bonchev–Trinajstić information content (AvgIpc) is 3.27. The third-order valence-corrected chi connectivity index (χ3v) is 6.91. The number of fused-ring (bicyclic) bond motifs is 2. The zero-order valence-corrected chi connectivity index (χ0v) is 19.0. The summed E-state index contributed by atoms with van der Waals surface area (Å²) in [4.78, 5) is 27.6. The largest absolute Gasteiger partial charge is 0.460 e. The van der Waals surface area contributed by atoms with Gasteiger partial charge in [0.15, 0.2) is 5.13 Å². The molecule has 0 saturated heterocycles. The first kappa shape index (κ1) is 21.8. The van der Waals surface area contributed by atoms with Gasteiger partial charge in [0, 0.05) is 17.9 Å². The number of esters is 1. The van der Waals surface area contributed by atoms with Crippen LogP contribution in [-0.2, 0) is 19.6 Å². The Hall–Kier alpha value is -3.44. The molecule has 11 heteroatoms. The molecule has 0 aliphatic carbocycles. The van der Waals surface area contributed by atoms with Crippen molar-refractivity contribution in [3.05, 3.63) is 47.7 Å². The number of thiazole rings is 1. The van der Waals surface area contributed by atoms with Crippen LogP contribution in [0.4, 0.5) is 10.8 Å². The number of carbonyl (C=O) groups excluding carboxylic acids is 2. The van der Waals surface area contributed by atoms with Gasteiger partial charge in [-0.1, -0.05) is 11.3 Å². The van der Waals surface area contributed by atoms with E-state index in [1.54, 1.807) is 32.0 Å². The minimum atomic E-state index is -3.92. The van der Waals surface area contributed by atoms with Gasteiger partial charge in [0.2, 0.25) is 11.7 Å². The smallest absolute Gasteiger partial charge is 0.374 e. The summed E-state index contributed by atoms with van der Waals surface area (Å²) < 4.78 is 39.8. The normalized spacial score (nSPS) is 11.6. The molecular formula is C21H19N3O6S2. The van der Waals surface area contributed by atoms with E-state index in [2.05, 4.69) is 15.0 Å². The van der Waals surface area contributed by atoms with Crippen molar-refractivity contribution in [3.8, 4) is 0 Å². The van der Waals surface area contributed by atoms with Gasteiger partial charge in [0.25, 0.3) is 10.0 Å². The van der Waals surface area contributed by atoms with Gasteiger partial charge in [-0.15, -0.1) is 0 Å². The molecule has 0 saturated carbocycles. The number of carbonyl (C=O) groups is 2.